The van der Waals surface area contributed by atoms with E-state index < -0.39 is 6.09 Å². The fourth-order valence-electron chi connectivity index (χ4n) is 2.68. The fourth-order valence-corrected chi connectivity index (χ4v) is 2.68. The van der Waals surface area contributed by atoms with Gasteiger partial charge in [-0.1, -0.05) is 82.8 Å². The van der Waals surface area contributed by atoms with Gasteiger partial charge in [0.1, 0.15) is 5.75 Å². The lowest BCUT2D eigenvalue weighted by molar-refractivity contribution is 0.199. The molecule has 0 fully saturated rings. The number of hydrogen-bond donors (Lipinski definition) is 1. The molecule has 2 aromatic carbocycles. The lowest BCUT2D eigenvalue weighted by Gasteiger charge is -2.19. The zero-order chi connectivity index (χ0) is 18.4. The smallest absolute Gasteiger partial charge is 0.410 e. The Bertz CT molecular complexity index is 704. The second-order valence-electron chi connectivity index (χ2n) is 6.76. The van der Waals surface area contributed by atoms with Crippen molar-refractivity contribution >= 4 is 12.2 Å². The quantitative estimate of drug-likeness (QED) is 0.716. The molecule has 0 atom stereocenters. The predicted molar refractivity (Wildman–Crippen MR) is 104 cm³/mol. The molecule has 132 valence electrons. The number of carbonyl (C=O) groups is 1. The van der Waals surface area contributed by atoms with Crippen molar-refractivity contribution in [3.63, 3.8) is 0 Å². The summed E-state index contributed by atoms with van der Waals surface area (Å²) in [4.78, 5) is 12.3. The van der Waals surface area contributed by atoms with Crippen LogP contribution in [0.15, 0.2) is 49.0 Å². The van der Waals surface area contributed by atoms with Crippen LogP contribution in [-0.2, 0) is 6.54 Å². The Morgan fingerprint density at radius 2 is 1.60 bits per heavy atom. The molecule has 2 aromatic rings. The average Bonchev–Trinajstić information content (AvgIpc) is 2.60. The molecule has 3 heteroatoms. The zero-order valence-corrected chi connectivity index (χ0v) is 15.5. The van der Waals surface area contributed by atoms with E-state index in [2.05, 4.69) is 39.6 Å². The Labute approximate surface area is 150 Å². The van der Waals surface area contributed by atoms with Gasteiger partial charge < -0.3 is 10.1 Å². The van der Waals surface area contributed by atoms with Crippen LogP contribution in [0.5, 0.6) is 5.75 Å². The second kappa shape index (κ2) is 8.52. The van der Waals surface area contributed by atoms with Gasteiger partial charge in [-0.2, -0.15) is 0 Å². The van der Waals surface area contributed by atoms with Crippen LogP contribution in [0.2, 0.25) is 0 Å². The largest absolute Gasteiger partial charge is 0.412 e. The number of nitrogens with one attached hydrogen (secondary N) is 1. The molecule has 0 radical (unpaired) electrons. The van der Waals surface area contributed by atoms with Gasteiger partial charge in [0.25, 0.3) is 0 Å². The highest BCUT2D eigenvalue weighted by molar-refractivity contribution is 5.71. The first-order chi connectivity index (χ1) is 11.9. The summed E-state index contributed by atoms with van der Waals surface area (Å²) in [6.45, 7) is 12.6. The summed E-state index contributed by atoms with van der Waals surface area (Å²) in [7, 11) is 0. The Morgan fingerprint density at radius 3 is 2.08 bits per heavy atom. The average molecular weight is 337 g/mol. The summed E-state index contributed by atoms with van der Waals surface area (Å²) < 4.78 is 5.70. The van der Waals surface area contributed by atoms with Crippen molar-refractivity contribution in [3.8, 4) is 5.75 Å². The minimum atomic E-state index is -0.428. The summed E-state index contributed by atoms with van der Waals surface area (Å²) >= 11 is 0. The highest BCUT2D eigenvalue weighted by atomic mass is 16.6. The molecule has 0 aliphatic rings. The predicted octanol–water partition coefficient (Wildman–Crippen LogP) is 5.87. The third kappa shape index (κ3) is 4.96. The van der Waals surface area contributed by atoms with Crippen LogP contribution in [0.4, 0.5) is 4.79 Å². The first kappa shape index (κ1) is 18.8. The number of carbonyl (C=O) groups excluding carboxylic acids is 1. The van der Waals surface area contributed by atoms with Crippen LogP contribution < -0.4 is 10.1 Å². The van der Waals surface area contributed by atoms with Crippen molar-refractivity contribution in [3.05, 3.63) is 71.3 Å². The zero-order valence-electron chi connectivity index (χ0n) is 15.5. The lowest BCUT2D eigenvalue weighted by atomic mass is 9.94. The SMILES string of the molecule is C=Cc1ccc(CNC(=O)Oc2c(C(C)C)cccc2C(C)C)cc1. The number of hydrogen-bond acceptors (Lipinski definition) is 2. The summed E-state index contributed by atoms with van der Waals surface area (Å²) in [5.74, 6) is 1.26. The standard InChI is InChI=1S/C22H27NO2/c1-6-17-10-12-18(13-11-17)14-23-22(24)25-21-19(15(2)3)8-7-9-20(21)16(4)5/h6-13,15-16H,1,14H2,2-5H3,(H,23,24). The van der Waals surface area contributed by atoms with Crippen molar-refractivity contribution < 1.29 is 9.53 Å². The first-order valence-electron chi connectivity index (χ1n) is 8.72. The molecule has 25 heavy (non-hydrogen) atoms. The van der Waals surface area contributed by atoms with E-state index >= 15 is 0 Å². The highest BCUT2D eigenvalue weighted by Gasteiger charge is 2.17. The Morgan fingerprint density at radius 1 is 1.04 bits per heavy atom. The maximum Gasteiger partial charge on any atom is 0.412 e. The maximum atomic E-state index is 12.3. The Balaban J connectivity index is 2.10. The van der Waals surface area contributed by atoms with Gasteiger partial charge >= 0.3 is 6.09 Å². The molecular formula is C22H27NO2. The monoisotopic (exact) mass is 337 g/mol. The van der Waals surface area contributed by atoms with E-state index in [0.717, 1.165) is 22.3 Å². The molecule has 0 spiro atoms. The molecule has 0 aromatic heterocycles. The minimum Gasteiger partial charge on any atom is -0.410 e. The Hall–Kier alpha value is -2.55. The summed E-state index contributed by atoms with van der Waals surface area (Å²) in [6.07, 6.45) is 1.37. The lowest BCUT2D eigenvalue weighted by Crippen LogP contribution is -2.27. The molecule has 0 unspecified atom stereocenters. The molecule has 3 nitrogen and oxygen atoms in total. The van der Waals surface area contributed by atoms with Crippen molar-refractivity contribution in [2.45, 2.75) is 46.1 Å². The van der Waals surface area contributed by atoms with Crippen LogP contribution in [0.25, 0.3) is 6.08 Å². The van der Waals surface area contributed by atoms with Crippen LogP contribution >= 0.6 is 0 Å². The number of ether oxygens (including phenoxy) is 1. The normalized spacial score (nSPS) is 10.8. The molecule has 0 bridgehead atoms. The molecule has 0 aliphatic carbocycles. The van der Waals surface area contributed by atoms with Gasteiger partial charge in [-0.05, 0) is 34.1 Å². The van der Waals surface area contributed by atoms with Crippen molar-refractivity contribution in [2.75, 3.05) is 0 Å². The third-order valence-corrected chi connectivity index (χ3v) is 4.17. The topological polar surface area (TPSA) is 38.3 Å². The van der Waals surface area contributed by atoms with Gasteiger partial charge in [-0.15, -0.1) is 0 Å². The fraction of sp³-hybridized carbons (Fsp3) is 0.318. The summed E-state index contributed by atoms with van der Waals surface area (Å²) in [5, 5.41) is 2.83. The number of rotatable bonds is 6. The van der Waals surface area contributed by atoms with Crippen LogP contribution in [0, 0.1) is 0 Å². The highest BCUT2D eigenvalue weighted by Crippen LogP contribution is 2.34. The van der Waals surface area contributed by atoms with Crippen LogP contribution in [0.1, 0.15) is 61.8 Å². The van der Waals surface area contributed by atoms with Crippen molar-refractivity contribution in [1.82, 2.24) is 5.32 Å². The van der Waals surface area contributed by atoms with Gasteiger partial charge in [0.05, 0.1) is 0 Å². The number of amides is 1. The van der Waals surface area contributed by atoms with Gasteiger partial charge in [0.15, 0.2) is 0 Å². The molecule has 2 rings (SSSR count). The molecular weight excluding hydrogens is 310 g/mol. The van der Waals surface area contributed by atoms with Gasteiger partial charge in [0.2, 0.25) is 0 Å². The van der Waals surface area contributed by atoms with Crippen molar-refractivity contribution in [2.24, 2.45) is 0 Å². The maximum absolute atomic E-state index is 12.3. The van der Waals surface area contributed by atoms with E-state index in [-0.39, 0.29) is 11.8 Å². The van der Waals surface area contributed by atoms with Gasteiger partial charge in [0, 0.05) is 6.54 Å². The minimum absolute atomic E-state index is 0.285. The number of para-hydroxylation sites is 1. The molecule has 0 aliphatic heterocycles. The van der Waals surface area contributed by atoms with E-state index in [1.165, 1.54) is 0 Å². The molecule has 0 heterocycles. The Kier molecular flexibility index (Phi) is 6.40. The first-order valence-corrected chi connectivity index (χ1v) is 8.72. The van der Waals surface area contributed by atoms with E-state index in [0.29, 0.717) is 12.3 Å². The molecule has 1 N–H and O–H groups in total. The van der Waals surface area contributed by atoms with Gasteiger partial charge in [-0.3, -0.25) is 0 Å². The molecule has 0 saturated carbocycles. The van der Waals surface area contributed by atoms with E-state index in [4.69, 9.17) is 4.74 Å². The van der Waals surface area contributed by atoms with E-state index in [1.807, 2.05) is 42.5 Å². The van der Waals surface area contributed by atoms with Gasteiger partial charge in [-0.25, -0.2) is 4.79 Å². The van der Waals surface area contributed by atoms with E-state index in [9.17, 15) is 4.79 Å². The van der Waals surface area contributed by atoms with Crippen LogP contribution in [0.3, 0.4) is 0 Å². The second-order valence-corrected chi connectivity index (χ2v) is 6.76. The van der Waals surface area contributed by atoms with Crippen molar-refractivity contribution in [1.29, 1.82) is 0 Å². The molecule has 0 saturated heterocycles. The summed E-state index contributed by atoms with van der Waals surface area (Å²) in [6, 6.07) is 14.0. The number of benzene rings is 2. The molecule has 1 amide bonds. The third-order valence-electron chi connectivity index (χ3n) is 4.17. The van der Waals surface area contributed by atoms with E-state index in [1.54, 1.807) is 6.08 Å². The summed E-state index contributed by atoms with van der Waals surface area (Å²) in [5.41, 5.74) is 4.18. The van der Waals surface area contributed by atoms with Crippen LogP contribution in [-0.4, -0.2) is 6.09 Å².